The molecule has 1 aliphatic rings. The van der Waals surface area contributed by atoms with Gasteiger partial charge in [-0.15, -0.1) is 11.3 Å². The second-order valence-corrected chi connectivity index (χ2v) is 6.15. The molecule has 3 aromatic rings. The molecule has 0 radical (unpaired) electrons. The standard InChI is InChI=1S/C15H13N3OS/c16-13-6-5-12(20-13)15-17-14(18-19-15)11-7-9-3-1-2-4-10(9)8-11/h1-6,11H,7-8,16H2. The molecule has 0 atom stereocenters. The Kier molecular flexibility index (Phi) is 2.60. The second kappa shape index (κ2) is 4.45. The molecule has 0 saturated heterocycles. The molecule has 4 rings (SSSR count). The molecule has 1 aliphatic carbocycles. The minimum Gasteiger partial charge on any atom is -0.391 e. The average molecular weight is 283 g/mol. The van der Waals surface area contributed by atoms with Gasteiger partial charge >= 0.3 is 0 Å². The minimum absolute atomic E-state index is 0.321. The van der Waals surface area contributed by atoms with Gasteiger partial charge in [0.05, 0.1) is 9.88 Å². The lowest BCUT2D eigenvalue weighted by Crippen LogP contribution is -2.00. The number of benzene rings is 1. The van der Waals surface area contributed by atoms with Gasteiger partial charge in [0.2, 0.25) is 0 Å². The van der Waals surface area contributed by atoms with E-state index < -0.39 is 0 Å². The van der Waals surface area contributed by atoms with Gasteiger partial charge in [-0.25, -0.2) is 0 Å². The van der Waals surface area contributed by atoms with E-state index in [0.29, 0.717) is 11.8 Å². The predicted octanol–water partition coefficient (Wildman–Crippen LogP) is 3.26. The lowest BCUT2D eigenvalue weighted by atomic mass is 10.1. The van der Waals surface area contributed by atoms with Crippen molar-refractivity contribution in [3.63, 3.8) is 0 Å². The number of anilines is 1. The van der Waals surface area contributed by atoms with Gasteiger partial charge in [-0.3, -0.25) is 0 Å². The van der Waals surface area contributed by atoms with Crippen LogP contribution in [-0.4, -0.2) is 10.1 Å². The third-order valence-electron chi connectivity index (χ3n) is 3.70. The summed E-state index contributed by atoms with van der Waals surface area (Å²) in [6, 6.07) is 12.3. The third kappa shape index (κ3) is 1.91. The summed E-state index contributed by atoms with van der Waals surface area (Å²) < 4.78 is 5.37. The zero-order valence-corrected chi connectivity index (χ0v) is 11.6. The van der Waals surface area contributed by atoms with Crippen LogP contribution in [0.3, 0.4) is 0 Å². The zero-order valence-electron chi connectivity index (χ0n) is 10.7. The van der Waals surface area contributed by atoms with Crippen LogP contribution in [0.2, 0.25) is 0 Å². The fourth-order valence-corrected chi connectivity index (χ4v) is 3.41. The first-order valence-corrected chi connectivity index (χ1v) is 7.37. The molecule has 5 heteroatoms. The highest BCUT2D eigenvalue weighted by atomic mass is 32.1. The molecule has 0 saturated carbocycles. The zero-order chi connectivity index (χ0) is 13.5. The summed E-state index contributed by atoms with van der Waals surface area (Å²) in [7, 11) is 0. The van der Waals surface area contributed by atoms with Crippen LogP contribution < -0.4 is 5.73 Å². The number of rotatable bonds is 2. The number of hydrogen-bond donors (Lipinski definition) is 1. The summed E-state index contributed by atoms with van der Waals surface area (Å²) in [6.07, 6.45) is 1.98. The molecule has 0 spiro atoms. The van der Waals surface area contributed by atoms with E-state index in [1.807, 2.05) is 12.1 Å². The highest BCUT2D eigenvalue weighted by Gasteiger charge is 2.26. The molecule has 4 nitrogen and oxygen atoms in total. The van der Waals surface area contributed by atoms with Crippen LogP contribution in [0.25, 0.3) is 10.8 Å². The summed E-state index contributed by atoms with van der Waals surface area (Å²) in [4.78, 5) is 5.46. The molecule has 0 unspecified atom stereocenters. The summed E-state index contributed by atoms with van der Waals surface area (Å²) >= 11 is 1.47. The Morgan fingerprint density at radius 1 is 1.10 bits per heavy atom. The Hall–Kier alpha value is -2.14. The first kappa shape index (κ1) is 11.7. The molecule has 0 bridgehead atoms. The highest BCUT2D eigenvalue weighted by molar-refractivity contribution is 7.19. The van der Waals surface area contributed by atoms with E-state index in [2.05, 4.69) is 34.4 Å². The second-order valence-electron chi connectivity index (χ2n) is 5.03. The Morgan fingerprint density at radius 2 is 1.85 bits per heavy atom. The van der Waals surface area contributed by atoms with Crippen LogP contribution in [0.1, 0.15) is 22.9 Å². The largest absolute Gasteiger partial charge is 0.391 e. The van der Waals surface area contributed by atoms with Crippen LogP contribution in [0.4, 0.5) is 5.00 Å². The Morgan fingerprint density at radius 3 is 2.50 bits per heavy atom. The molecular weight excluding hydrogens is 270 g/mol. The van der Waals surface area contributed by atoms with Gasteiger partial charge in [-0.2, -0.15) is 4.98 Å². The summed E-state index contributed by atoms with van der Waals surface area (Å²) in [6.45, 7) is 0. The molecular formula is C15H13N3OS. The number of nitrogen functional groups attached to an aromatic ring is 1. The highest BCUT2D eigenvalue weighted by Crippen LogP contribution is 2.34. The van der Waals surface area contributed by atoms with Crippen LogP contribution in [0.5, 0.6) is 0 Å². The van der Waals surface area contributed by atoms with E-state index in [-0.39, 0.29) is 0 Å². The molecule has 100 valence electrons. The Labute approximate surface area is 120 Å². The van der Waals surface area contributed by atoms with Gasteiger partial charge in [0.15, 0.2) is 5.82 Å². The summed E-state index contributed by atoms with van der Waals surface area (Å²) in [5.41, 5.74) is 8.52. The lowest BCUT2D eigenvalue weighted by molar-refractivity contribution is 0.417. The maximum absolute atomic E-state index is 5.73. The van der Waals surface area contributed by atoms with E-state index >= 15 is 0 Å². The van der Waals surface area contributed by atoms with Crippen molar-refractivity contribution in [2.75, 3.05) is 5.73 Å². The Balaban J connectivity index is 1.61. The van der Waals surface area contributed by atoms with E-state index in [1.165, 1.54) is 22.5 Å². The van der Waals surface area contributed by atoms with Crippen molar-refractivity contribution in [1.29, 1.82) is 0 Å². The van der Waals surface area contributed by atoms with Crippen LogP contribution >= 0.6 is 11.3 Å². The van der Waals surface area contributed by atoms with E-state index in [4.69, 9.17) is 10.3 Å². The smallest absolute Gasteiger partial charge is 0.268 e. The molecule has 20 heavy (non-hydrogen) atoms. The molecule has 0 aliphatic heterocycles. The van der Waals surface area contributed by atoms with E-state index in [1.54, 1.807) is 0 Å². The fourth-order valence-electron chi connectivity index (χ4n) is 2.71. The number of nitrogens with zero attached hydrogens (tertiary/aromatic N) is 2. The van der Waals surface area contributed by atoms with E-state index in [0.717, 1.165) is 28.5 Å². The number of hydrogen-bond acceptors (Lipinski definition) is 5. The molecule has 1 aromatic carbocycles. The Bertz CT molecular complexity index is 737. The number of nitrogens with two attached hydrogens (primary N) is 1. The number of fused-ring (bicyclic) bond motifs is 1. The minimum atomic E-state index is 0.321. The van der Waals surface area contributed by atoms with Crippen molar-refractivity contribution in [3.8, 4) is 10.8 Å². The van der Waals surface area contributed by atoms with Crippen molar-refractivity contribution < 1.29 is 4.52 Å². The van der Waals surface area contributed by atoms with Gasteiger partial charge in [-0.1, -0.05) is 29.4 Å². The van der Waals surface area contributed by atoms with Gasteiger partial charge in [0.25, 0.3) is 5.89 Å². The van der Waals surface area contributed by atoms with Crippen molar-refractivity contribution in [3.05, 3.63) is 53.3 Å². The SMILES string of the molecule is Nc1ccc(-c2nc(C3Cc4ccccc4C3)no2)s1. The number of aromatic nitrogens is 2. The summed E-state index contributed by atoms with van der Waals surface area (Å²) in [5.74, 6) is 1.68. The first-order valence-electron chi connectivity index (χ1n) is 6.55. The molecule has 2 heterocycles. The van der Waals surface area contributed by atoms with Crippen LogP contribution in [0.15, 0.2) is 40.9 Å². The lowest BCUT2D eigenvalue weighted by Gasteiger charge is -2.00. The maximum Gasteiger partial charge on any atom is 0.268 e. The van der Waals surface area contributed by atoms with Crippen LogP contribution in [0, 0.1) is 0 Å². The van der Waals surface area contributed by atoms with Gasteiger partial charge in [-0.05, 0) is 36.1 Å². The van der Waals surface area contributed by atoms with Gasteiger partial charge in [0, 0.05) is 5.92 Å². The number of thiophene rings is 1. The summed E-state index contributed by atoms with van der Waals surface area (Å²) in [5, 5.41) is 4.90. The molecule has 2 aromatic heterocycles. The van der Waals surface area contributed by atoms with Crippen molar-refractivity contribution >= 4 is 16.3 Å². The first-order chi connectivity index (χ1) is 9.79. The van der Waals surface area contributed by atoms with E-state index in [9.17, 15) is 0 Å². The van der Waals surface area contributed by atoms with Crippen molar-refractivity contribution in [1.82, 2.24) is 10.1 Å². The quantitative estimate of drug-likeness (QED) is 0.784. The third-order valence-corrected chi connectivity index (χ3v) is 4.60. The monoisotopic (exact) mass is 283 g/mol. The molecule has 0 amide bonds. The topological polar surface area (TPSA) is 64.9 Å². The van der Waals surface area contributed by atoms with Crippen molar-refractivity contribution in [2.45, 2.75) is 18.8 Å². The van der Waals surface area contributed by atoms with Crippen LogP contribution in [-0.2, 0) is 12.8 Å². The fraction of sp³-hybridized carbons (Fsp3) is 0.200. The molecule has 0 fully saturated rings. The maximum atomic E-state index is 5.73. The van der Waals surface area contributed by atoms with Gasteiger partial charge in [0.1, 0.15) is 0 Å². The van der Waals surface area contributed by atoms with Gasteiger partial charge < -0.3 is 10.3 Å². The van der Waals surface area contributed by atoms with Crippen molar-refractivity contribution in [2.24, 2.45) is 0 Å². The predicted molar refractivity (Wildman–Crippen MR) is 78.6 cm³/mol. The average Bonchev–Trinajstić information content (AvgIpc) is 3.16. The molecule has 2 N–H and O–H groups in total. The normalized spacial score (nSPS) is 14.6.